The van der Waals surface area contributed by atoms with E-state index in [-0.39, 0.29) is 12.7 Å². The highest BCUT2D eigenvalue weighted by Crippen LogP contribution is 2.37. The predicted octanol–water partition coefficient (Wildman–Crippen LogP) is 4.02. The summed E-state index contributed by atoms with van der Waals surface area (Å²) >= 11 is 1.26. The normalized spacial score (nSPS) is 12.5. The fourth-order valence-corrected chi connectivity index (χ4v) is 4.11. The van der Waals surface area contributed by atoms with Crippen LogP contribution in [-0.2, 0) is 0 Å². The zero-order valence-electron chi connectivity index (χ0n) is 14.8. The standard InChI is InChI=1S/C20H15N3O4S/c1-25-12-4-2-10-6-13-17(21)18(28-20(13)23-14(10)8-12)19(24)22-11-3-5-15-16(7-11)27-9-26-15/h2-8H,9,21H2,1H3,(H,22,24). The van der Waals surface area contributed by atoms with Gasteiger partial charge in [-0.05, 0) is 30.3 Å². The number of ether oxygens (including phenoxy) is 3. The van der Waals surface area contributed by atoms with Gasteiger partial charge >= 0.3 is 0 Å². The number of methoxy groups -OCH3 is 1. The van der Waals surface area contributed by atoms with Gasteiger partial charge in [0.15, 0.2) is 11.5 Å². The number of nitrogens with two attached hydrogens (primary N) is 1. The number of hydrogen-bond acceptors (Lipinski definition) is 7. The number of hydrogen-bond donors (Lipinski definition) is 2. The van der Waals surface area contributed by atoms with Gasteiger partial charge in [0.2, 0.25) is 6.79 Å². The smallest absolute Gasteiger partial charge is 0.267 e. The molecule has 2 aromatic carbocycles. The van der Waals surface area contributed by atoms with E-state index in [9.17, 15) is 4.79 Å². The monoisotopic (exact) mass is 393 g/mol. The van der Waals surface area contributed by atoms with Crippen LogP contribution >= 0.6 is 11.3 Å². The van der Waals surface area contributed by atoms with Crippen LogP contribution in [0.1, 0.15) is 9.67 Å². The van der Waals surface area contributed by atoms with E-state index in [0.29, 0.717) is 32.6 Å². The third-order valence-electron chi connectivity index (χ3n) is 4.56. The second-order valence-electron chi connectivity index (χ2n) is 6.27. The Labute approximate surface area is 163 Å². The molecule has 1 amide bonds. The van der Waals surface area contributed by atoms with Crippen molar-refractivity contribution in [3.63, 3.8) is 0 Å². The largest absolute Gasteiger partial charge is 0.497 e. The number of carbonyl (C=O) groups excluding carboxylic acids is 1. The molecule has 0 aliphatic carbocycles. The van der Waals surface area contributed by atoms with Crippen LogP contribution in [0.5, 0.6) is 17.2 Å². The number of rotatable bonds is 3. The Morgan fingerprint density at radius 2 is 2.04 bits per heavy atom. The molecule has 0 unspecified atom stereocenters. The molecule has 3 N–H and O–H groups in total. The SMILES string of the molecule is COc1ccc2cc3c(N)c(C(=O)Nc4ccc5c(c4)OCO5)sc3nc2c1. The molecule has 1 aliphatic rings. The number of carbonyl (C=O) groups is 1. The van der Waals surface area contributed by atoms with Crippen molar-refractivity contribution in [2.45, 2.75) is 0 Å². The number of thiophene rings is 1. The molecule has 0 fully saturated rings. The molecule has 5 rings (SSSR count). The number of fused-ring (bicyclic) bond motifs is 3. The van der Waals surface area contributed by atoms with E-state index in [1.807, 2.05) is 24.3 Å². The maximum atomic E-state index is 12.8. The average Bonchev–Trinajstić information content (AvgIpc) is 3.30. The number of anilines is 2. The second-order valence-corrected chi connectivity index (χ2v) is 7.27. The Morgan fingerprint density at radius 1 is 1.18 bits per heavy atom. The third kappa shape index (κ3) is 2.66. The number of aromatic nitrogens is 1. The van der Waals surface area contributed by atoms with Crippen LogP contribution in [0.3, 0.4) is 0 Å². The number of benzene rings is 2. The van der Waals surface area contributed by atoms with Crippen LogP contribution in [0.25, 0.3) is 21.1 Å². The van der Waals surface area contributed by atoms with Gasteiger partial charge in [-0.3, -0.25) is 4.79 Å². The molecule has 2 aromatic heterocycles. The number of nitrogens with one attached hydrogen (secondary N) is 1. The minimum absolute atomic E-state index is 0.181. The summed E-state index contributed by atoms with van der Waals surface area (Å²) in [6.45, 7) is 0.181. The number of amides is 1. The molecule has 1 aliphatic heterocycles. The van der Waals surface area contributed by atoms with Crippen molar-refractivity contribution in [2.75, 3.05) is 25.0 Å². The van der Waals surface area contributed by atoms with Crippen molar-refractivity contribution in [3.8, 4) is 17.2 Å². The van der Waals surface area contributed by atoms with Crippen molar-refractivity contribution in [1.29, 1.82) is 0 Å². The fraction of sp³-hybridized carbons (Fsp3) is 0.100. The highest BCUT2D eigenvalue weighted by molar-refractivity contribution is 7.21. The van der Waals surface area contributed by atoms with Gasteiger partial charge < -0.3 is 25.3 Å². The molecule has 0 bridgehead atoms. The van der Waals surface area contributed by atoms with E-state index in [0.717, 1.165) is 22.0 Å². The summed E-state index contributed by atoms with van der Waals surface area (Å²) in [5.41, 5.74) is 8.08. The third-order valence-corrected chi connectivity index (χ3v) is 5.67. The van der Waals surface area contributed by atoms with E-state index in [4.69, 9.17) is 19.9 Å². The lowest BCUT2D eigenvalue weighted by atomic mass is 10.1. The summed E-state index contributed by atoms with van der Waals surface area (Å²) in [6.07, 6.45) is 0. The maximum absolute atomic E-state index is 12.8. The van der Waals surface area contributed by atoms with Crippen LogP contribution in [0.15, 0.2) is 42.5 Å². The lowest BCUT2D eigenvalue weighted by Crippen LogP contribution is -2.11. The van der Waals surface area contributed by atoms with Crippen LogP contribution < -0.4 is 25.3 Å². The molecule has 140 valence electrons. The molecule has 0 saturated carbocycles. The zero-order valence-corrected chi connectivity index (χ0v) is 15.6. The first-order valence-electron chi connectivity index (χ1n) is 8.50. The number of pyridine rings is 1. The number of nitrogens with zero attached hydrogens (tertiary/aromatic N) is 1. The van der Waals surface area contributed by atoms with E-state index < -0.39 is 0 Å². The summed E-state index contributed by atoms with van der Waals surface area (Å²) in [5, 5.41) is 4.55. The predicted molar refractivity (Wildman–Crippen MR) is 109 cm³/mol. The lowest BCUT2D eigenvalue weighted by molar-refractivity contribution is 0.103. The van der Waals surface area contributed by atoms with Gasteiger partial charge in [-0.25, -0.2) is 4.98 Å². The minimum atomic E-state index is -0.291. The molecule has 7 nitrogen and oxygen atoms in total. The molecule has 3 heterocycles. The van der Waals surface area contributed by atoms with Crippen LogP contribution in [0.2, 0.25) is 0 Å². The molecule has 0 radical (unpaired) electrons. The molecule has 0 atom stereocenters. The van der Waals surface area contributed by atoms with Gasteiger partial charge in [0.05, 0.1) is 18.3 Å². The molecule has 28 heavy (non-hydrogen) atoms. The average molecular weight is 393 g/mol. The first kappa shape index (κ1) is 16.6. The maximum Gasteiger partial charge on any atom is 0.267 e. The Bertz CT molecular complexity index is 1250. The lowest BCUT2D eigenvalue weighted by Gasteiger charge is -2.05. The minimum Gasteiger partial charge on any atom is -0.497 e. The van der Waals surface area contributed by atoms with Gasteiger partial charge in [-0.1, -0.05) is 0 Å². The summed E-state index contributed by atoms with van der Waals surface area (Å²) in [7, 11) is 1.61. The summed E-state index contributed by atoms with van der Waals surface area (Å²) < 4.78 is 15.9. The van der Waals surface area contributed by atoms with E-state index >= 15 is 0 Å². The highest BCUT2D eigenvalue weighted by Gasteiger charge is 2.20. The molecule has 4 aromatic rings. The molecular weight excluding hydrogens is 378 g/mol. The van der Waals surface area contributed by atoms with Gasteiger partial charge in [0, 0.05) is 28.6 Å². The molecule has 0 spiro atoms. The van der Waals surface area contributed by atoms with Crippen LogP contribution in [-0.4, -0.2) is 24.8 Å². The van der Waals surface area contributed by atoms with Crippen molar-refractivity contribution in [3.05, 3.63) is 47.3 Å². The second kappa shape index (κ2) is 6.28. The van der Waals surface area contributed by atoms with Crippen LogP contribution in [0.4, 0.5) is 11.4 Å². The van der Waals surface area contributed by atoms with Gasteiger partial charge in [-0.15, -0.1) is 11.3 Å². The summed E-state index contributed by atoms with van der Waals surface area (Å²) in [6, 6.07) is 12.8. The van der Waals surface area contributed by atoms with Crippen molar-refractivity contribution in [2.24, 2.45) is 0 Å². The van der Waals surface area contributed by atoms with Crippen LogP contribution in [0, 0.1) is 0 Å². The summed E-state index contributed by atoms with van der Waals surface area (Å²) in [4.78, 5) is 18.6. The Kier molecular flexibility index (Phi) is 3.73. The van der Waals surface area contributed by atoms with Crippen molar-refractivity contribution in [1.82, 2.24) is 4.98 Å². The molecular formula is C20H15N3O4S. The zero-order chi connectivity index (χ0) is 19.3. The first-order valence-corrected chi connectivity index (χ1v) is 9.32. The van der Waals surface area contributed by atoms with Crippen molar-refractivity contribution < 1.29 is 19.0 Å². The van der Waals surface area contributed by atoms with Gasteiger partial charge in [0.25, 0.3) is 5.91 Å². The van der Waals surface area contributed by atoms with E-state index in [1.165, 1.54) is 11.3 Å². The molecule has 0 saturated heterocycles. The van der Waals surface area contributed by atoms with Gasteiger partial charge in [-0.2, -0.15) is 0 Å². The van der Waals surface area contributed by atoms with E-state index in [2.05, 4.69) is 10.3 Å². The Balaban J connectivity index is 1.51. The highest BCUT2D eigenvalue weighted by atomic mass is 32.1. The first-order chi connectivity index (χ1) is 13.6. The van der Waals surface area contributed by atoms with Crippen molar-refractivity contribution >= 4 is 49.7 Å². The number of nitrogen functional groups attached to an aromatic ring is 1. The molecule has 8 heteroatoms. The summed E-state index contributed by atoms with van der Waals surface area (Å²) in [5.74, 6) is 1.69. The quantitative estimate of drug-likeness (QED) is 0.546. The Hall–Kier alpha value is -3.52. The van der Waals surface area contributed by atoms with E-state index in [1.54, 1.807) is 25.3 Å². The van der Waals surface area contributed by atoms with Gasteiger partial charge in [0.1, 0.15) is 15.5 Å². The Morgan fingerprint density at radius 3 is 2.89 bits per heavy atom. The topological polar surface area (TPSA) is 95.7 Å². The fourth-order valence-electron chi connectivity index (χ4n) is 3.13.